The van der Waals surface area contributed by atoms with E-state index in [1.165, 1.54) is 16.3 Å². The Hall–Kier alpha value is -2.30. The van der Waals surface area contributed by atoms with Gasteiger partial charge in [-0.1, -0.05) is 6.07 Å². The maximum Gasteiger partial charge on any atom is 0.234 e. The van der Waals surface area contributed by atoms with Crippen molar-refractivity contribution in [2.24, 2.45) is 0 Å². The molecule has 0 amide bonds. The highest BCUT2D eigenvalue weighted by molar-refractivity contribution is 5.52. The molecular formula is C14H11FN4. The molecule has 0 unspecified atom stereocenters. The average molecular weight is 254 g/mol. The molecule has 0 aliphatic heterocycles. The van der Waals surface area contributed by atoms with Crippen molar-refractivity contribution in [3.8, 4) is 0 Å². The summed E-state index contributed by atoms with van der Waals surface area (Å²) in [6, 6.07) is 5.97. The summed E-state index contributed by atoms with van der Waals surface area (Å²) in [7, 11) is 0. The Bertz CT molecular complexity index is 738. The van der Waals surface area contributed by atoms with E-state index >= 15 is 0 Å². The van der Waals surface area contributed by atoms with E-state index in [9.17, 15) is 4.39 Å². The van der Waals surface area contributed by atoms with Gasteiger partial charge >= 0.3 is 0 Å². The van der Waals surface area contributed by atoms with Crippen molar-refractivity contribution < 1.29 is 4.39 Å². The molecule has 0 saturated heterocycles. The highest BCUT2D eigenvalue weighted by atomic mass is 19.1. The molecular weight excluding hydrogens is 243 g/mol. The molecule has 3 aromatic heterocycles. The summed E-state index contributed by atoms with van der Waals surface area (Å²) in [5, 5.41) is 3.98. The van der Waals surface area contributed by atoms with Crippen molar-refractivity contribution in [1.29, 1.82) is 0 Å². The van der Waals surface area contributed by atoms with E-state index in [-0.39, 0.29) is 0 Å². The number of halogens is 1. The number of hydrogen-bond acceptors (Lipinski definition) is 3. The van der Waals surface area contributed by atoms with Gasteiger partial charge in [-0.15, -0.1) is 0 Å². The topological polar surface area (TPSA) is 43.1 Å². The molecule has 3 aromatic rings. The molecule has 1 aliphatic rings. The predicted octanol–water partition coefficient (Wildman–Crippen LogP) is 2.53. The van der Waals surface area contributed by atoms with Crippen LogP contribution in [-0.2, 0) is 0 Å². The molecule has 1 fully saturated rings. The quantitative estimate of drug-likeness (QED) is 0.705. The summed E-state index contributed by atoms with van der Waals surface area (Å²) in [5.74, 6) is 0.423. The first-order valence-corrected chi connectivity index (χ1v) is 6.22. The van der Waals surface area contributed by atoms with Gasteiger partial charge in [-0.05, 0) is 36.0 Å². The fourth-order valence-electron chi connectivity index (χ4n) is 2.68. The second-order valence-corrected chi connectivity index (χ2v) is 4.84. The van der Waals surface area contributed by atoms with Crippen LogP contribution < -0.4 is 0 Å². The maximum atomic E-state index is 13.5. The Kier molecular flexibility index (Phi) is 2.15. The van der Waals surface area contributed by atoms with E-state index < -0.39 is 5.95 Å². The predicted molar refractivity (Wildman–Crippen MR) is 67.3 cm³/mol. The van der Waals surface area contributed by atoms with Gasteiger partial charge in [0, 0.05) is 24.2 Å². The van der Waals surface area contributed by atoms with Gasteiger partial charge in [-0.2, -0.15) is 14.0 Å². The summed E-state index contributed by atoms with van der Waals surface area (Å²) < 4.78 is 14.7. The normalized spacial score (nSPS) is 21.7. The molecule has 3 heterocycles. The van der Waals surface area contributed by atoms with Crippen LogP contribution in [0.4, 0.5) is 4.39 Å². The molecule has 4 nitrogen and oxygen atoms in total. The van der Waals surface area contributed by atoms with E-state index in [0.29, 0.717) is 17.5 Å². The molecule has 5 heteroatoms. The van der Waals surface area contributed by atoms with Gasteiger partial charge in [-0.25, -0.2) is 4.98 Å². The van der Waals surface area contributed by atoms with Crippen LogP contribution in [-0.4, -0.2) is 19.6 Å². The molecule has 19 heavy (non-hydrogen) atoms. The van der Waals surface area contributed by atoms with E-state index in [4.69, 9.17) is 0 Å². The number of pyridine rings is 1. The van der Waals surface area contributed by atoms with Gasteiger partial charge in [0.25, 0.3) is 0 Å². The lowest BCUT2D eigenvalue weighted by molar-refractivity contribution is 0.548. The lowest BCUT2D eigenvalue weighted by Crippen LogP contribution is -1.97. The van der Waals surface area contributed by atoms with E-state index in [1.54, 1.807) is 12.4 Å². The average Bonchev–Trinajstić information content (AvgIpc) is 3.18. The Balaban J connectivity index is 1.74. The van der Waals surface area contributed by atoms with Crippen molar-refractivity contribution in [1.82, 2.24) is 19.6 Å². The van der Waals surface area contributed by atoms with Gasteiger partial charge in [0.1, 0.15) is 0 Å². The molecule has 94 valence electrons. The molecule has 0 radical (unpaired) electrons. The second kappa shape index (κ2) is 3.85. The molecule has 1 saturated carbocycles. The summed E-state index contributed by atoms with van der Waals surface area (Å²) in [6.45, 7) is 0. The van der Waals surface area contributed by atoms with Gasteiger partial charge in [0.2, 0.25) is 5.95 Å². The fourth-order valence-corrected chi connectivity index (χ4v) is 2.68. The van der Waals surface area contributed by atoms with Crippen LogP contribution in [0, 0.1) is 5.95 Å². The largest absolute Gasteiger partial charge is 0.264 e. The number of hydrogen-bond donors (Lipinski definition) is 0. The number of nitrogens with zero attached hydrogens (tertiary/aromatic N) is 4. The van der Waals surface area contributed by atoms with Crippen molar-refractivity contribution in [2.45, 2.75) is 18.3 Å². The third kappa shape index (κ3) is 1.62. The summed E-state index contributed by atoms with van der Waals surface area (Å²) in [5.41, 5.74) is 2.92. The minimum atomic E-state index is -0.421. The van der Waals surface area contributed by atoms with Crippen molar-refractivity contribution in [3.05, 3.63) is 60.1 Å². The molecule has 0 aromatic carbocycles. The zero-order valence-electron chi connectivity index (χ0n) is 10.1. The highest BCUT2D eigenvalue weighted by Gasteiger charge is 2.41. The smallest absolute Gasteiger partial charge is 0.234 e. The summed E-state index contributed by atoms with van der Waals surface area (Å²) >= 11 is 0. The van der Waals surface area contributed by atoms with Gasteiger partial charge in [-0.3, -0.25) is 4.98 Å². The van der Waals surface area contributed by atoms with Gasteiger partial charge < -0.3 is 0 Å². The molecule has 1 aliphatic carbocycles. The van der Waals surface area contributed by atoms with Gasteiger partial charge in [0.15, 0.2) is 5.65 Å². The second-order valence-electron chi connectivity index (χ2n) is 4.84. The Morgan fingerprint density at radius 3 is 2.95 bits per heavy atom. The van der Waals surface area contributed by atoms with Crippen LogP contribution in [0.3, 0.4) is 0 Å². The van der Waals surface area contributed by atoms with Crippen LogP contribution in [0.25, 0.3) is 5.65 Å². The molecule has 2 atom stereocenters. The summed E-state index contributed by atoms with van der Waals surface area (Å²) in [4.78, 5) is 8.26. The van der Waals surface area contributed by atoms with Crippen LogP contribution in [0.2, 0.25) is 0 Å². The number of imidazole rings is 1. The summed E-state index contributed by atoms with van der Waals surface area (Å²) in [6.07, 6.45) is 7.57. The van der Waals surface area contributed by atoms with Crippen molar-refractivity contribution >= 4 is 5.65 Å². The minimum Gasteiger partial charge on any atom is -0.264 e. The lowest BCUT2D eigenvalue weighted by atomic mass is 10.1. The zero-order chi connectivity index (χ0) is 12.8. The van der Waals surface area contributed by atoms with Crippen molar-refractivity contribution in [2.75, 3.05) is 0 Å². The fraction of sp³-hybridized carbons (Fsp3) is 0.214. The third-order valence-corrected chi connectivity index (χ3v) is 3.69. The van der Waals surface area contributed by atoms with Crippen LogP contribution in [0.5, 0.6) is 0 Å². The van der Waals surface area contributed by atoms with E-state index in [1.807, 2.05) is 18.3 Å². The maximum absolute atomic E-state index is 13.5. The van der Waals surface area contributed by atoms with Gasteiger partial charge in [0.05, 0.1) is 6.20 Å². The van der Waals surface area contributed by atoms with Crippen LogP contribution in [0.1, 0.15) is 29.4 Å². The van der Waals surface area contributed by atoms with Crippen LogP contribution >= 0.6 is 0 Å². The first kappa shape index (κ1) is 10.6. The number of aromatic nitrogens is 4. The molecule has 0 bridgehead atoms. The van der Waals surface area contributed by atoms with E-state index in [2.05, 4.69) is 21.1 Å². The highest BCUT2D eigenvalue weighted by Crippen LogP contribution is 2.55. The SMILES string of the molecule is Fc1cnc2c([C@H]3C[C@@H]3c3cccnc3)ccnn12. The Morgan fingerprint density at radius 1 is 1.16 bits per heavy atom. The first-order valence-electron chi connectivity index (χ1n) is 6.22. The third-order valence-electron chi connectivity index (χ3n) is 3.69. The monoisotopic (exact) mass is 254 g/mol. The molecule has 0 N–H and O–H groups in total. The first-order chi connectivity index (χ1) is 9.34. The van der Waals surface area contributed by atoms with Crippen molar-refractivity contribution in [3.63, 3.8) is 0 Å². The lowest BCUT2D eigenvalue weighted by Gasteiger charge is -2.02. The Morgan fingerprint density at radius 2 is 2.11 bits per heavy atom. The standard InChI is InChI=1S/C14H11FN4/c15-13-8-17-14-10(3-5-18-19(13)14)12-6-11(12)9-2-1-4-16-7-9/h1-5,7-8,11-12H,6H2/t11-,12-/m1/s1. The molecule has 0 spiro atoms. The zero-order valence-corrected chi connectivity index (χ0v) is 10.1. The number of fused-ring (bicyclic) bond motifs is 1. The molecule has 4 rings (SSSR count). The van der Waals surface area contributed by atoms with E-state index in [0.717, 1.165) is 12.0 Å². The Labute approximate surface area is 108 Å². The number of rotatable bonds is 2. The minimum absolute atomic E-state index is 0.386. The van der Waals surface area contributed by atoms with Crippen LogP contribution in [0.15, 0.2) is 43.0 Å².